The summed E-state index contributed by atoms with van der Waals surface area (Å²) in [6.07, 6.45) is 0. The summed E-state index contributed by atoms with van der Waals surface area (Å²) in [6.45, 7) is 9.30. The second-order valence-corrected chi connectivity index (χ2v) is 6.96. The van der Waals surface area contributed by atoms with Crippen molar-refractivity contribution in [2.45, 2.75) is 44.8 Å². The lowest BCUT2D eigenvalue weighted by Gasteiger charge is -2.32. The Balaban J connectivity index is 1.87. The number of halogens is 1. The van der Waals surface area contributed by atoms with Gasteiger partial charge in [0.05, 0.1) is 24.4 Å². The van der Waals surface area contributed by atoms with Crippen LogP contribution in [0.15, 0.2) is 18.2 Å². The highest BCUT2D eigenvalue weighted by Gasteiger charge is 2.51. The first-order valence-corrected chi connectivity index (χ1v) is 7.60. The Morgan fingerprint density at radius 1 is 1.00 bits per heavy atom. The molecule has 0 spiro atoms. The molecule has 2 fully saturated rings. The van der Waals surface area contributed by atoms with E-state index in [1.807, 2.05) is 33.8 Å². The first-order chi connectivity index (χ1) is 10.3. The van der Waals surface area contributed by atoms with Gasteiger partial charge in [-0.25, -0.2) is 4.39 Å². The Morgan fingerprint density at radius 3 is 2.18 bits per heavy atom. The SMILES string of the molecule is CC1(C)OB(c2cc(F)cc(C3COCOC3)c2)OC1(C)C. The Kier molecular flexibility index (Phi) is 4.06. The fourth-order valence-corrected chi connectivity index (χ4v) is 2.67. The van der Waals surface area contributed by atoms with Crippen LogP contribution in [-0.4, -0.2) is 38.3 Å². The molecule has 22 heavy (non-hydrogen) atoms. The molecule has 120 valence electrons. The molecule has 3 rings (SSSR count). The van der Waals surface area contributed by atoms with Crippen molar-refractivity contribution in [1.29, 1.82) is 0 Å². The maximum atomic E-state index is 14.0. The van der Waals surface area contributed by atoms with Crippen molar-refractivity contribution < 1.29 is 23.2 Å². The molecule has 0 aromatic heterocycles. The van der Waals surface area contributed by atoms with E-state index in [-0.39, 0.29) is 11.7 Å². The van der Waals surface area contributed by atoms with Crippen LogP contribution < -0.4 is 5.46 Å². The number of ether oxygens (including phenoxy) is 2. The fourth-order valence-electron chi connectivity index (χ4n) is 2.67. The van der Waals surface area contributed by atoms with Crippen LogP contribution in [0.2, 0.25) is 0 Å². The molecule has 0 amide bonds. The van der Waals surface area contributed by atoms with Crippen molar-refractivity contribution in [2.24, 2.45) is 0 Å². The quantitative estimate of drug-likeness (QED) is 0.785. The van der Waals surface area contributed by atoms with E-state index in [4.69, 9.17) is 18.8 Å². The van der Waals surface area contributed by atoms with Gasteiger partial charge in [-0.3, -0.25) is 0 Å². The molecular formula is C16H22BFO4. The predicted molar refractivity (Wildman–Crippen MR) is 81.6 cm³/mol. The van der Waals surface area contributed by atoms with E-state index in [1.165, 1.54) is 12.1 Å². The molecule has 6 heteroatoms. The molecule has 0 atom stereocenters. The van der Waals surface area contributed by atoms with E-state index < -0.39 is 18.3 Å². The second kappa shape index (κ2) is 5.60. The lowest BCUT2D eigenvalue weighted by Crippen LogP contribution is -2.41. The van der Waals surface area contributed by atoms with Gasteiger partial charge in [0, 0.05) is 5.92 Å². The molecule has 0 unspecified atom stereocenters. The van der Waals surface area contributed by atoms with Gasteiger partial charge in [-0.15, -0.1) is 0 Å². The van der Waals surface area contributed by atoms with Crippen LogP contribution >= 0.6 is 0 Å². The molecule has 0 N–H and O–H groups in total. The maximum Gasteiger partial charge on any atom is 0.494 e. The highest BCUT2D eigenvalue weighted by atomic mass is 19.1. The van der Waals surface area contributed by atoms with Crippen molar-refractivity contribution in [3.05, 3.63) is 29.6 Å². The minimum Gasteiger partial charge on any atom is -0.399 e. The topological polar surface area (TPSA) is 36.9 Å². The lowest BCUT2D eigenvalue weighted by molar-refractivity contribution is -0.108. The molecule has 0 aliphatic carbocycles. The fraction of sp³-hybridized carbons (Fsp3) is 0.625. The van der Waals surface area contributed by atoms with E-state index in [9.17, 15) is 4.39 Å². The summed E-state index contributed by atoms with van der Waals surface area (Å²) in [7, 11) is -0.565. The van der Waals surface area contributed by atoms with Gasteiger partial charge >= 0.3 is 7.12 Å². The molecule has 2 saturated heterocycles. The van der Waals surface area contributed by atoms with Gasteiger partial charge in [0.15, 0.2) is 0 Å². The Labute approximate surface area is 131 Å². The normalized spacial score (nSPS) is 24.7. The van der Waals surface area contributed by atoms with E-state index >= 15 is 0 Å². The average molecular weight is 308 g/mol. The smallest absolute Gasteiger partial charge is 0.399 e. The van der Waals surface area contributed by atoms with E-state index in [1.54, 1.807) is 0 Å². The number of benzene rings is 1. The van der Waals surface area contributed by atoms with Crippen molar-refractivity contribution in [3.8, 4) is 0 Å². The minimum atomic E-state index is -0.565. The van der Waals surface area contributed by atoms with Gasteiger partial charge in [0.1, 0.15) is 12.6 Å². The van der Waals surface area contributed by atoms with Crippen molar-refractivity contribution in [3.63, 3.8) is 0 Å². The third kappa shape index (κ3) is 2.93. The molecule has 0 radical (unpaired) electrons. The van der Waals surface area contributed by atoms with Crippen LogP contribution in [0.25, 0.3) is 0 Å². The Bertz CT molecular complexity index is 539. The standard InChI is InChI=1S/C16H22BFO4/c1-15(2)16(3,4)22-17(21-15)13-5-11(6-14(18)7-13)12-8-19-10-20-9-12/h5-7,12H,8-10H2,1-4H3. The monoisotopic (exact) mass is 308 g/mol. The summed E-state index contributed by atoms with van der Waals surface area (Å²) in [4.78, 5) is 0. The zero-order chi connectivity index (χ0) is 16.0. The summed E-state index contributed by atoms with van der Waals surface area (Å²) in [5.74, 6) is -0.265. The van der Waals surface area contributed by atoms with Gasteiger partial charge in [0.25, 0.3) is 0 Å². The molecule has 2 heterocycles. The van der Waals surface area contributed by atoms with Gasteiger partial charge in [0.2, 0.25) is 0 Å². The summed E-state index contributed by atoms with van der Waals surface area (Å²) in [5, 5.41) is 0. The number of hydrogen-bond donors (Lipinski definition) is 0. The van der Waals surface area contributed by atoms with Gasteiger partial charge in [-0.05, 0) is 50.9 Å². The van der Waals surface area contributed by atoms with Crippen LogP contribution in [0.4, 0.5) is 4.39 Å². The average Bonchev–Trinajstić information content (AvgIpc) is 2.68. The van der Waals surface area contributed by atoms with Crippen molar-refractivity contribution >= 4 is 12.6 Å². The summed E-state index contributed by atoms with van der Waals surface area (Å²) < 4.78 is 36.6. The third-order valence-corrected chi connectivity index (χ3v) is 4.74. The lowest BCUT2D eigenvalue weighted by atomic mass is 9.77. The van der Waals surface area contributed by atoms with Crippen LogP contribution in [0.5, 0.6) is 0 Å². The Morgan fingerprint density at radius 2 is 1.59 bits per heavy atom. The summed E-state index contributed by atoms with van der Waals surface area (Å²) >= 11 is 0. The summed E-state index contributed by atoms with van der Waals surface area (Å²) in [5.41, 5.74) is 0.659. The molecule has 2 aliphatic heterocycles. The molecule has 2 aliphatic rings. The Hall–Kier alpha value is -0.945. The van der Waals surface area contributed by atoms with Crippen molar-refractivity contribution in [2.75, 3.05) is 20.0 Å². The molecule has 0 bridgehead atoms. The minimum absolute atomic E-state index is 0.0330. The largest absolute Gasteiger partial charge is 0.494 e. The van der Waals surface area contributed by atoms with E-state index in [0.717, 1.165) is 5.56 Å². The van der Waals surface area contributed by atoms with Gasteiger partial charge in [-0.2, -0.15) is 0 Å². The van der Waals surface area contributed by atoms with Crippen LogP contribution in [0, 0.1) is 5.82 Å². The molecular weight excluding hydrogens is 286 g/mol. The summed E-state index contributed by atoms with van der Waals surface area (Å²) in [6, 6.07) is 4.92. The predicted octanol–water partition coefficient (Wildman–Crippen LogP) is 2.21. The number of rotatable bonds is 2. The van der Waals surface area contributed by atoms with Crippen LogP contribution in [0.1, 0.15) is 39.2 Å². The van der Waals surface area contributed by atoms with Crippen LogP contribution in [-0.2, 0) is 18.8 Å². The number of hydrogen-bond acceptors (Lipinski definition) is 4. The molecule has 1 aromatic carbocycles. The molecule has 0 saturated carbocycles. The van der Waals surface area contributed by atoms with E-state index in [2.05, 4.69) is 0 Å². The maximum absolute atomic E-state index is 14.0. The van der Waals surface area contributed by atoms with Crippen molar-refractivity contribution in [1.82, 2.24) is 0 Å². The zero-order valence-electron chi connectivity index (χ0n) is 13.5. The highest BCUT2D eigenvalue weighted by molar-refractivity contribution is 6.62. The first-order valence-electron chi connectivity index (χ1n) is 7.60. The molecule has 4 nitrogen and oxygen atoms in total. The zero-order valence-corrected chi connectivity index (χ0v) is 13.5. The third-order valence-electron chi connectivity index (χ3n) is 4.74. The second-order valence-electron chi connectivity index (χ2n) is 6.96. The van der Waals surface area contributed by atoms with Gasteiger partial charge < -0.3 is 18.8 Å². The molecule has 1 aromatic rings. The highest BCUT2D eigenvalue weighted by Crippen LogP contribution is 2.36. The van der Waals surface area contributed by atoms with Crippen LogP contribution in [0.3, 0.4) is 0 Å². The first kappa shape index (κ1) is 15.9. The van der Waals surface area contributed by atoms with Gasteiger partial charge in [-0.1, -0.05) is 6.07 Å². The van der Waals surface area contributed by atoms with E-state index in [0.29, 0.717) is 25.5 Å².